The highest BCUT2D eigenvalue weighted by Gasteiger charge is 1.92. The minimum atomic E-state index is 1.18. The average Bonchev–Trinajstić information content (AvgIpc) is 2.30. The van der Waals surface area contributed by atoms with Crippen molar-refractivity contribution < 1.29 is 0 Å². The summed E-state index contributed by atoms with van der Waals surface area (Å²) in [7, 11) is 0. The summed E-state index contributed by atoms with van der Waals surface area (Å²) in [5.41, 5.74) is 1.27. The van der Waals surface area contributed by atoms with Crippen LogP contribution in [0.25, 0.3) is 6.08 Å². The zero-order valence-corrected chi connectivity index (χ0v) is 11.7. The maximum atomic E-state index is 3.55. The molecule has 0 radical (unpaired) electrons. The summed E-state index contributed by atoms with van der Waals surface area (Å²) in [6.07, 6.45) is 12.5. The number of unbranched alkanes of at least 4 members (excludes halogenated alkanes) is 5. The van der Waals surface area contributed by atoms with Crippen molar-refractivity contribution >= 4 is 22.0 Å². The van der Waals surface area contributed by atoms with E-state index >= 15 is 0 Å². The zero-order chi connectivity index (χ0) is 11.6. The molecule has 0 aromatic heterocycles. The second kappa shape index (κ2) is 8.58. The van der Waals surface area contributed by atoms with Crippen LogP contribution >= 0.6 is 15.9 Å². The number of benzene rings is 1. The van der Waals surface area contributed by atoms with E-state index in [0.717, 1.165) is 0 Å². The minimum Gasteiger partial charge on any atom is -0.0839 e. The van der Waals surface area contributed by atoms with Crippen molar-refractivity contribution in [3.05, 3.63) is 40.4 Å². The van der Waals surface area contributed by atoms with Crippen LogP contribution in [0.2, 0.25) is 0 Å². The quantitative estimate of drug-likeness (QED) is 0.552. The maximum Gasteiger partial charge on any atom is 0.0247 e. The predicted octanol–water partition coefficient (Wildman–Crippen LogP) is 5.82. The fraction of sp³-hybridized carbons (Fsp3) is 0.467. The first-order valence-corrected chi connectivity index (χ1v) is 7.05. The average molecular weight is 281 g/mol. The van der Waals surface area contributed by atoms with E-state index in [9.17, 15) is 0 Å². The summed E-state index contributed by atoms with van der Waals surface area (Å²) in [6, 6.07) is 8.34. The highest BCUT2D eigenvalue weighted by molar-refractivity contribution is 9.10. The van der Waals surface area contributed by atoms with Gasteiger partial charge in [0.15, 0.2) is 0 Å². The van der Waals surface area contributed by atoms with Gasteiger partial charge in [-0.2, -0.15) is 0 Å². The zero-order valence-electron chi connectivity index (χ0n) is 10.1. The number of hydrogen-bond acceptors (Lipinski definition) is 0. The van der Waals surface area contributed by atoms with Crippen LogP contribution in [0.3, 0.4) is 0 Å². The smallest absolute Gasteiger partial charge is 0.0247 e. The van der Waals surface area contributed by atoms with Crippen molar-refractivity contribution in [1.82, 2.24) is 0 Å². The molecule has 16 heavy (non-hydrogen) atoms. The molecule has 0 aliphatic rings. The third-order valence-electron chi connectivity index (χ3n) is 2.68. The third-order valence-corrected chi connectivity index (χ3v) is 3.40. The SMILES string of the molecule is CCCCCCC/C=C/c1ccccc1Br. The lowest BCUT2D eigenvalue weighted by Crippen LogP contribution is -1.77. The van der Waals surface area contributed by atoms with Crippen LogP contribution < -0.4 is 0 Å². The van der Waals surface area contributed by atoms with E-state index in [1.807, 2.05) is 6.07 Å². The summed E-state index contributed by atoms with van der Waals surface area (Å²) in [5, 5.41) is 0. The number of halogens is 1. The van der Waals surface area contributed by atoms with Gasteiger partial charge >= 0.3 is 0 Å². The molecule has 1 heteroatoms. The van der Waals surface area contributed by atoms with E-state index in [1.54, 1.807) is 0 Å². The Morgan fingerprint density at radius 2 is 1.81 bits per heavy atom. The molecule has 88 valence electrons. The van der Waals surface area contributed by atoms with Crippen molar-refractivity contribution in [3.8, 4) is 0 Å². The Balaban J connectivity index is 2.20. The van der Waals surface area contributed by atoms with Gasteiger partial charge in [-0.3, -0.25) is 0 Å². The van der Waals surface area contributed by atoms with Crippen LogP contribution in [0, 0.1) is 0 Å². The monoisotopic (exact) mass is 280 g/mol. The van der Waals surface area contributed by atoms with Gasteiger partial charge in [-0.05, 0) is 24.5 Å². The molecule has 0 nitrogen and oxygen atoms in total. The lowest BCUT2D eigenvalue weighted by molar-refractivity contribution is 0.638. The van der Waals surface area contributed by atoms with E-state index < -0.39 is 0 Å². The van der Waals surface area contributed by atoms with Gasteiger partial charge in [0.05, 0.1) is 0 Å². The molecule has 1 aromatic carbocycles. The summed E-state index contributed by atoms with van der Waals surface area (Å²) >= 11 is 3.55. The number of allylic oxidation sites excluding steroid dienone is 1. The Kier molecular flexibility index (Phi) is 7.24. The Morgan fingerprint density at radius 1 is 1.06 bits per heavy atom. The molecule has 1 aromatic rings. The van der Waals surface area contributed by atoms with Crippen molar-refractivity contribution in [1.29, 1.82) is 0 Å². The maximum absolute atomic E-state index is 3.55. The molecule has 0 fully saturated rings. The molecule has 0 N–H and O–H groups in total. The normalized spacial score (nSPS) is 11.1. The number of hydrogen-bond donors (Lipinski definition) is 0. The van der Waals surface area contributed by atoms with Gasteiger partial charge in [-0.1, -0.05) is 78.9 Å². The molecule has 0 saturated carbocycles. The predicted molar refractivity (Wildman–Crippen MR) is 76.6 cm³/mol. The molecule has 0 unspecified atom stereocenters. The lowest BCUT2D eigenvalue weighted by Gasteiger charge is -1.98. The molecule has 0 heterocycles. The largest absolute Gasteiger partial charge is 0.0839 e. The van der Waals surface area contributed by atoms with E-state index in [4.69, 9.17) is 0 Å². The molecule has 0 aliphatic carbocycles. The first-order chi connectivity index (χ1) is 7.84. The van der Waals surface area contributed by atoms with Gasteiger partial charge in [-0.25, -0.2) is 0 Å². The van der Waals surface area contributed by atoms with Crippen LogP contribution in [0.15, 0.2) is 34.8 Å². The van der Waals surface area contributed by atoms with E-state index in [1.165, 1.54) is 48.6 Å². The van der Waals surface area contributed by atoms with Gasteiger partial charge in [0, 0.05) is 4.47 Å². The fourth-order valence-corrected chi connectivity index (χ4v) is 2.10. The van der Waals surface area contributed by atoms with Gasteiger partial charge in [0.2, 0.25) is 0 Å². The lowest BCUT2D eigenvalue weighted by atomic mass is 10.1. The molecular formula is C15H21Br. The molecule has 0 atom stereocenters. The van der Waals surface area contributed by atoms with Crippen molar-refractivity contribution in [2.45, 2.75) is 45.4 Å². The van der Waals surface area contributed by atoms with Gasteiger partial charge in [0.25, 0.3) is 0 Å². The van der Waals surface area contributed by atoms with Crippen molar-refractivity contribution in [3.63, 3.8) is 0 Å². The van der Waals surface area contributed by atoms with Crippen LogP contribution in [0.1, 0.15) is 51.0 Å². The Bertz CT molecular complexity index is 315. The van der Waals surface area contributed by atoms with E-state index in [-0.39, 0.29) is 0 Å². The molecule has 0 aliphatic heterocycles. The van der Waals surface area contributed by atoms with Crippen LogP contribution in [-0.2, 0) is 0 Å². The molecule has 0 saturated heterocycles. The molecule has 0 bridgehead atoms. The van der Waals surface area contributed by atoms with Crippen molar-refractivity contribution in [2.24, 2.45) is 0 Å². The summed E-state index contributed by atoms with van der Waals surface area (Å²) < 4.78 is 1.18. The molecule has 1 rings (SSSR count). The summed E-state index contributed by atoms with van der Waals surface area (Å²) in [6.45, 7) is 2.26. The van der Waals surface area contributed by atoms with Crippen LogP contribution in [-0.4, -0.2) is 0 Å². The first kappa shape index (κ1) is 13.5. The van der Waals surface area contributed by atoms with E-state index in [2.05, 4.69) is 53.2 Å². The Morgan fingerprint density at radius 3 is 2.56 bits per heavy atom. The minimum absolute atomic E-state index is 1.18. The third kappa shape index (κ3) is 5.50. The van der Waals surface area contributed by atoms with Gasteiger partial charge in [0.1, 0.15) is 0 Å². The topological polar surface area (TPSA) is 0 Å². The Labute approximate surface area is 108 Å². The van der Waals surface area contributed by atoms with Gasteiger partial charge < -0.3 is 0 Å². The first-order valence-electron chi connectivity index (χ1n) is 6.25. The molecule has 0 spiro atoms. The summed E-state index contributed by atoms with van der Waals surface area (Å²) in [4.78, 5) is 0. The Hall–Kier alpha value is -0.560. The highest BCUT2D eigenvalue weighted by Crippen LogP contribution is 2.17. The van der Waals surface area contributed by atoms with Gasteiger partial charge in [-0.15, -0.1) is 0 Å². The van der Waals surface area contributed by atoms with Crippen LogP contribution in [0.5, 0.6) is 0 Å². The second-order valence-electron chi connectivity index (χ2n) is 4.13. The molecular weight excluding hydrogens is 260 g/mol. The fourth-order valence-electron chi connectivity index (χ4n) is 1.69. The second-order valence-corrected chi connectivity index (χ2v) is 4.98. The number of rotatable bonds is 7. The standard InChI is InChI=1S/C15H21Br/c1-2-3-4-5-6-7-8-11-14-12-9-10-13-15(14)16/h8-13H,2-7H2,1H3/b11-8+. The van der Waals surface area contributed by atoms with Crippen LogP contribution in [0.4, 0.5) is 0 Å². The summed E-state index contributed by atoms with van der Waals surface area (Å²) in [5.74, 6) is 0. The highest BCUT2D eigenvalue weighted by atomic mass is 79.9. The molecule has 0 amide bonds. The van der Waals surface area contributed by atoms with E-state index in [0.29, 0.717) is 0 Å². The van der Waals surface area contributed by atoms with Crippen molar-refractivity contribution in [2.75, 3.05) is 0 Å².